The monoisotopic (exact) mass is 282 g/mol. The average molecular weight is 282 g/mol. The molecule has 3 rings (SSSR count). The van der Waals surface area contributed by atoms with Crippen molar-refractivity contribution in [2.24, 2.45) is 0 Å². The van der Waals surface area contributed by atoms with Gasteiger partial charge in [0.2, 0.25) is 0 Å². The van der Waals surface area contributed by atoms with Crippen molar-refractivity contribution >= 4 is 16.9 Å². The molecule has 0 saturated heterocycles. The van der Waals surface area contributed by atoms with Gasteiger partial charge in [-0.25, -0.2) is 0 Å². The zero-order valence-corrected chi connectivity index (χ0v) is 11.2. The SMILES string of the molecule is O=C(NCc1cccc(CO)n1)c1coc2ccccc12. The fourth-order valence-corrected chi connectivity index (χ4v) is 2.14. The summed E-state index contributed by atoms with van der Waals surface area (Å²) < 4.78 is 5.35. The first kappa shape index (κ1) is 13.3. The van der Waals surface area contributed by atoms with E-state index in [9.17, 15) is 4.79 Å². The molecule has 0 atom stereocenters. The van der Waals surface area contributed by atoms with Crippen molar-refractivity contribution < 1.29 is 14.3 Å². The van der Waals surface area contributed by atoms with Gasteiger partial charge in [-0.05, 0) is 18.2 Å². The van der Waals surface area contributed by atoms with Crippen LogP contribution in [0.4, 0.5) is 0 Å². The maximum atomic E-state index is 12.2. The van der Waals surface area contributed by atoms with E-state index in [1.807, 2.05) is 24.3 Å². The highest BCUT2D eigenvalue weighted by molar-refractivity contribution is 6.05. The number of carbonyl (C=O) groups is 1. The first-order valence-electron chi connectivity index (χ1n) is 6.58. The second kappa shape index (κ2) is 5.76. The maximum absolute atomic E-state index is 12.2. The van der Waals surface area contributed by atoms with Crippen LogP contribution in [0.25, 0.3) is 11.0 Å². The van der Waals surface area contributed by atoms with Gasteiger partial charge < -0.3 is 14.8 Å². The third-order valence-corrected chi connectivity index (χ3v) is 3.18. The van der Waals surface area contributed by atoms with Crippen LogP contribution in [0.3, 0.4) is 0 Å². The predicted octanol–water partition coefficient (Wildman–Crippen LogP) is 2.25. The van der Waals surface area contributed by atoms with Crippen molar-refractivity contribution in [3.63, 3.8) is 0 Å². The molecule has 0 aliphatic rings. The van der Waals surface area contributed by atoms with Crippen LogP contribution in [-0.2, 0) is 13.2 Å². The summed E-state index contributed by atoms with van der Waals surface area (Å²) in [7, 11) is 0. The maximum Gasteiger partial charge on any atom is 0.255 e. The molecule has 0 spiro atoms. The summed E-state index contributed by atoms with van der Waals surface area (Å²) in [6, 6.07) is 12.7. The number of aliphatic hydroxyl groups excluding tert-OH is 1. The molecule has 5 heteroatoms. The topological polar surface area (TPSA) is 75.4 Å². The van der Waals surface area contributed by atoms with E-state index in [0.29, 0.717) is 29.1 Å². The van der Waals surface area contributed by atoms with E-state index in [0.717, 1.165) is 5.39 Å². The Kier molecular flexibility index (Phi) is 3.66. The fourth-order valence-electron chi connectivity index (χ4n) is 2.14. The average Bonchev–Trinajstić information content (AvgIpc) is 2.97. The first-order valence-corrected chi connectivity index (χ1v) is 6.58. The van der Waals surface area contributed by atoms with Gasteiger partial charge in [0.25, 0.3) is 5.91 Å². The molecule has 0 aliphatic heterocycles. The van der Waals surface area contributed by atoms with E-state index >= 15 is 0 Å². The number of aliphatic hydroxyl groups is 1. The largest absolute Gasteiger partial charge is 0.463 e. The molecule has 0 unspecified atom stereocenters. The Morgan fingerprint density at radius 2 is 1.95 bits per heavy atom. The molecule has 2 N–H and O–H groups in total. The molecule has 0 bridgehead atoms. The zero-order valence-electron chi connectivity index (χ0n) is 11.2. The lowest BCUT2D eigenvalue weighted by Gasteiger charge is -2.05. The number of nitrogens with one attached hydrogen (secondary N) is 1. The minimum Gasteiger partial charge on any atom is -0.463 e. The Balaban J connectivity index is 1.74. The number of fused-ring (bicyclic) bond motifs is 1. The smallest absolute Gasteiger partial charge is 0.255 e. The highest BCUT2D eigenvalue weighted by Gasteiger charge is 2.13. The summed E-state index contributed by atoms with van der Waals surface area (Å²) in [6.07, 6.45) is 1.46. The summed E-state index contributed by atoms with van der Waals surface area (Å²) in [4.78, 5) is 16.4. The van der Waals surface area contributed by atoms with E-state index < -0.39 is 0 Å². The van der Waals surface area contributed by atoms with Crippen LogP contribution in [0.15, 0.2) is 53.1 Å². The molecule has 0 aliphatic carbocycles. The number of amides is 1. The van der Waals surface area contributed by atoms with E-state index in [4.69, 9.17) is 9.52 Å². The van der Waals surface area contributed by atoms with Crippen molar-refractivity contribution in [2.75, 3.05) is 0 Å². The van der Waals surface area contributed by atoms with Crippen molar-refractivity contribution in [1.29, 1.82) is 0 Å². The van der Waals surface area contributed by atoms with Crippen molar-refractivity contribution in [3.05, 3.63) is 65.7 Å². The lowest BCUT2D eigenvalue weighted by atomic mass is 10.1. The molecule has 2 heterocycles. The number of carbonyl (C=O) groups excluding carboxylic acids is 1. The van der Waals surface area contributed by atoms with Gasteiger partial charge in [0.15, 0.2) is 0 Å². The van der Waals surface area contributed by atoms with Gasteiger partial charge in [-0.2, -0.15) is 0 Å². The second-order valence-electron chi connectivity index (χ2n) is 4.61. The Labute approximate surface area is 121 Å². The normalized spacial score (nSPS) is 10.7. The summed E-state index contributed by atoms with van der Waals surface area (Å²) in [5, 5.41) is 12.6. The Bertz CT molecular complexity index is 780. The van der Waals surface area contributed by atoms with Gasteiger partial charge in [-0.15, -0.1) is 0 Å². The third-order valence-electron chi connectivity index (χ3n) is 3.18. The molecule has 21 heavy (non-hydrogen) atoms. The zero-order chi connectivity index (χ0) is 14.7. The highest BCUT2D eigenvalue weighted by atomic mass is 16.3. The Morgan fingerprint density at radius 3 is 2.81 bits per heavy atom. The molecule has 3 aromatic rings. The molecule has 2 aromatic heterocycles. The number of hydrogen-bond acceptors (Lipinski definition) is 4. The van der Waals surface area contributed by atoms with E-state index in [2.05, 4.69) is 10.3 Å². The van der Waals surface area contributed by atoms with E-state index in [1.165, 1.54) is 6.26 Å². The van der Waals surface area contributed by atoms with Gasteiger partial charge in [-0.1, -0.05) is 24.3 Å². The van der Waals surface area contributed by atoms with Crippen LogP contribution in [0, 0.1) is 0 Å². The minimum atomic E-state index is -0.212. The summed E-state index contributed by atoms with van der Waals surface area (Å²) >= 11 is 0. The standard InChI is InChI=1S/C16H14N2O3/c19-9-12-5-3-4-11(18-12)8-17-16(20)14-10-21-15-7-2-1-6-13(14)15/h1-7,10,19H,8-9H2,(H,17,20). The van der Waals surface area contributed by atoms with Crippen molar-refractivity contribution in [3.8, 4) is 0 Å². The van der Waals surface area contributed by atoms with Gasteiger partial charge in [0.05, 0.1) is 30.1 Å². The van der Waals surface area contributed by atoms with Gasteiger partial charge >= 0.3 is 0 Å². The van der Waals surface area contributed by atoms with Crippen LogP contribution in [-0.4, -0.2) is 16.0 Å². The summed E-state index contributed by atoms with van der Waals surface area (Å²) in [5.74, 6) is -0.212. The predicted molar refractivity (Wildman–Crippen MR) is 77.5 cm³/mol. The molecule has 1 aromatic carbocycles. The molecular weight excluding hydrogens is 268 g/mol. The van der Waals surface area contributed by atoms with Crippen LogP contribution < -0.4 is 5.32 Å². The van der Waals surface area contributed by atoms with E-state index in [1.54, 1.807) is 18.2 Å². The van der Waals surface area contributed by atoms with E-state index in [-0.39, 0.29) is 12.5 Å². The molecule has 1 amide bonds. The van der Waals surface area contributed by atoms with Crippen LogP contribution in [0.2, 0.25) is 0 Å². The van der Waals surface area contributed by atoms with Crippen LogP contribution >= 0.6 is 0 Å². The fraction of sp³-hybridized carbons (Fsp3) is 0.125. The van der Waals surface area contributed by atoms with Crippen LogP contribution in [0.1, 0.15) is 21.7 Å². The highest BCUT2D eigenvalue weighted by Crippen LogP contribution is 2.20. The third kappa shape index (κ3) is 2.78. The van der Waals surface area contributed by atoms with Gasteiger partial charge in [0.1, 0.15) is 11.8 Å². The first-order chi connectivity index (χ1) is 10.3. The molecule has 0 radical (unpaired) electrons. The van der Waals surface area contributed by atoms with Crippen molar-refractivity contribution in [2.45, 2.75) is 13.2 Å². The number of benzene rings is 1. The Hall–Kier alpha value is -2.66. The minimum absolute atomic E-state index is 0.117. The van der Waals surface area contributed by atoms with Gasteiger partial charge in [0, 0.05) is 5.39 Å². The number of pyridine rings is 1. The number of aromatic nitrogens is 1. The number of para-hydroxylation sites is 1. The van der Waals surface area contributed by atoms with Crippen LogP contribution in [0.5, 0.6) is 0 Å². The summed E-state index contributed by atoms with van der Waals surface area (Å²) in [5.41, 5.74) is 2.46. The lowest BCUT2D eigenvalue weighted by Crippen LogP contribution is -2.23. The lowest BCUT2D eigenvalue weighted by molar-refractivity contribution is 0.0951. The van der Waals surface area contributed by atoms with Gasteiger partial charge in [-0.3, -0.25) is 9.78 Å². The molecule has 0 fully saturated rings. The summed E-state index contributed by atoms with van der Waals surface area (Å²) in [6.45, 7) is 0.181. The number of rotatable bonds is 4. The number of furan rings is 1. The molecule has 5 nitrogen and oxygen atoms in total. The number of hydrogen-bond donors (Lipinski definition) is 2. The quantitative estimate of drug-likeness (QED) is 0.769. The van der Waals surface area contributed by atoms with Crippen molar-refractivity contribution in [1.82, 2.24) is 10.3 Å². The number of nitrogens with zero attached hydrogens (tertiary/aromatic N) is 1. The molecule has 0 saturated carbocycles. The molecular formula is C16H14N2O3. The second-order valence-corrected chi connectivity index (χ2v) is 4.61. The Morgan fingerprint density at radius 1 is 1.14 bits per heavy atom. The molecule has 106 valence electrons.